The maximum absolute atomic E-state index is 14.4. The van der Waals surface area contributed by atoms with Crippen molar-refractivity contribution in [1.29, 1.82) is 0 Å². The van der Waals surface area contributed by atoms with Gasteiger partial charge in [0.2, 0.25) is 0 Å². The van der Waals surface area contributed by atoms with Gasteiger partial charge in [-0.15, -0.1) is 0 Å². The van der Waals surface area contributed by atoms with E-state index in [0.717, 1.165) is 62.9 Å². The molecule has 2 saturated heterocycles. The summed E-state index contributed by atoms with van der Waals surface area (Å²) in [6.07, 6.45) is 11.0. The van der Waals surface area contributed by atoms with Crippen LogP contribution in [0.4, 0.5) is 21.0 Å². The first kappa shape index (κ1) is 47.2. The summed E-state index contributed by atoms with van der Waals surface area (Å²) in [5.41, 5.74) is 4.42. The van der Waals surface area contributed by atoms with E-state index in [0.29, 0.717) is 79.9 Å². The van der Waals surface area contributed by atoms with Crippen molar-refractivity contribution in [3.05, 3.63) is 102 Å². The van der Waals surface area contributed by atoms with Crippen molar-refractivity contribution < 1.29 is 57.4 Å². The number of aliphatic hydroxyl groups is 1. The van der Waals surface area contributed by atoms with Crippen molar-refractivity contribution in [2.75, 3.05) is 69.6 Å². The van der Waals surface area contributed by atoms with Crippen LogP contribution in [0.5, 0.6) is 23.0 Å². The summed E-state index contributed by atoms with van der Waals surface area (Å²) in [6, 6.07) is 14.2. The normalized spacial score (nSPS) is 22.2. The van der Waals surface area contributed by atoms with Crippen LogP contribution in [-0.4, -0.2) is 123 Å². The molecule has 370 valence electrons. The number of hydrogen-bond acceptors (Lipinski definition) is 12. The van der Waals surface area contributed by atoms with Gasteiger partial charge in [-0.05, 0) is 111 Å². The number of benzene rings is 3. The van der Waals surface area contributed by atoms with E-state index in [1.165, 1.54) is 34.6 Å². The van der Waals surface area contributed by atoms with Crippen molar-refractivity contribution in [2.45, 2.75) is 101 Å². The number of aliphatic hydroxyl groups excluding tert-OH is 1. The standard InChI is InChI=1S/C54H62N4O12/c1-4-19-68-52(62)56-32-38-25-37(35-11-9-34(10-12-35)36-15-23-65-24-16-36)31-55(38)49(59)40-26-45(64-3)46(28-42(40)56)66-21-7-6-8-22-67-47-29-43-41(27-48(47)70-39-13-14-39)50(60)57-33-54(17-18-54)30-44(57)51(61)58(43)53(63)69-20-5-2/h4-5,9-12,26-29,31,36,38-39,44,51,61H,1-2,6-8,13-25,30,32-33H2,3H3/t38-,44-,51?/m0/s1. The number of nitrogens with zero attached hydrogens (tertiary/aromatic N) is 4. The van der Waals surface area contributed by atoms with Gasteiger partial charge >= 0.3 is 12.2 Å². The van der Waals surface area contributed by atoms with E-state index in [1.54, 1.807) is 34.1 Å². The third-order valence-electron chi connectivity index (χ3n) is 14.7. The molecular formula is C54H62N4O12. The van der Waals surface area contributed by atoms with Crippen LogP contribution in [0, 0.1) is 5.41 Å². The molecule has 3 aromatic carbocycles. The van der Waals surface area contributed by atoms with Crippen LogP contribution in [0.25, 0.3) is 5.57 Å². The molecule has 5 aliphatic heterocycles. The zero-order valence-corrected chi connectivity index (χ0v) is 39.8. The lowest BCUT2D eigenvalue weighted by Crippen LogP contribution is -2.50. The monoisotopic (exact) mass is 958 g/mol. The molecular weight excluding hydrogens is 897 g/mol. The summed E-state index contributed by atoms with van der Waals surface area (Å²) >= 11 is 0. The van der Waals surface area contributed by atoms with Crippen LogP contribution in [0.3, 0.4) is 0 Å². The van der Waals surface area contributed by atoms with E-state index < -0.39 is 24.5 Å². The third kappa shape index (κ3) is 9.55. The molecule has 10 rings (SSSR count). The highest BCUT2D eigenvalue weighted by Crippen LogP contribution is 2.57. The van der Waals surface area contributed by atoms with Gasteiger partial charge in [-0.2, -0.15) is 0 Å². The first-order valence-corrected chi connectivity index (χ1v) is 24.7. The summed E-state index contributed by atoms with van der Waals surface area (Å²) in [7, 11) is 1.51. The Morgan fingerprint density at radius 1 is 0.814 bits per heavy atom. The summed E-state index contributed by atoms with van der Waals surface area (Å²) in [6.45, 7) is 10.2. The maximum atomic E-state index is 14.4. The van der Waals surface area contributed by atoms with Crippen molar-refractivity contribution in [2.24, 2.45) is 5.41 Å². The average Bonchev–Trinajstić information content (AvgIpc) is 4.29. The minimum atomic E-state index is -1.32. The molecule has 70 heavy (non-hydrogen) atoms. The highest BCUT2D eigenvalue weighted by Gasteiger charge is 2.58. The number of carbonyl (C=O) groups excluding carboxylic acids is 4. The fraction of sp³-hybridized carbons (Fsp3) is 0.481. The number of anilines is 2. The fourth-order valence-corrected chi connectivity index (χ4v) is 10.5. The number of carbonyl (C=O) groups is 4. The Balaban J connectivity index is 0.813. The second kappa shape index (κ2) is 20.1. The van der Waals surface area contributed by atoms with Crippen molar-refractivity contribution in [3.63, 3.8) is 0 Å². The van der Waals surface area contributed by atoms with Gasteiger partial charge in [0.25, 0.3) is 11.8 Å². The predicted octanol–water partition coefficient (Wildman–Crippen LogP) is 8.61. The molecule has 3 aromatic rings. The molecule has 7 aliphatic rings. The van der Waals surface area contributed by atoms with E-state index in [2.05, 4.69) is 37.4 Å². The van der Waals surface area contributed by atoms with E-state index in [9.17, 15) is 24.3 Å². The zero-order valence-electron chi connectivity index (χ0n) is 39.8. The molecule has 1 spiro atoms. The van der Waals surface area contributed by atoms with E-state index >= 15 is 0 Å². The Hall–Kier alpha value is -6.52. The quantitative estimate of drug-likeness (QED) is 0.101. The first-order chi connectivity index (χ1) is 34.1. The number of hydrogen-bond donors (Lipinski definition) is 1. The summed E-state index contributed by atoms with van der Waals surface area (Å²) in [4.78, 5) is 62.1. The number of ether oxygens (including phenoxy) is 7. The summed E-state index contributed by atoms with van der Waals surface area (Å²) in [5, 5.41) is 11.8. The van der Waals surface area contributed by atoms with Gasteiger partial charge < -0.3 is 48.1 Å². The number of fused-ring (bicyclic) bond motifs is 4. The number of unbranched alkanes of at least 4 members (excludes halogenated alkanes) is 2. The minimum absolute atomic E-state index is 0.00209. The van der Waals surface area contributed by atoms with Crippen molar-refractivity contribution >= 4 is 40.9 Å². The Kier molecular flexibility index (Phi) is 13.5. The van der Waals surface area contributed by atoms with Crippen LogP contribution in [0.15, 0.2) is 80.0 Å². The molecule has 0 radical (unpaired) electrons. The topological polar surface area (TPSA) is 166 Å². The Morgan fingerprint density at radius 3 is 2.14 bits per heavy atom. The average molecular weight is 959 g/mol. The van der Waals surface area contributed by atoms with E-state index in [4.69, 9.17) is 33.2 Å². The molecule has 1 unspecified atom stereocenters. The largest absolute Gasteiger partial charge is 0.493 e. The Morgan fingerprint density at radius 2 is 1.47 bits per heavy atom. The van der Waals surface area contributed by atoms with Crippen LogP contribution < -0.4 is 28.7 Å². The van der Waals surface area contributed by atoms with E-state index in [-0.39, 0.29) is 72.6 Å². The number of rotatable bonds is 17. The maximum Gasteiger partial charge on any atom is 0.416 e. The molecule has 4 fully saturated rings. The second-order valence-electron chi connectivity index (χ2n) is 19.5. The van der Waals surface area contributed by atoms with Crippen molar-refractivity contribution in [1.82, 2.24) is 9.80 Å². The zero-order chi connectivity index (χ0) is 48.5. The highest BCUT2D eigenvalue weighted by molar-refractivity contribution is 6.07. The fourth-order valence-electron chi connectivity index (χ4n) is 10.5. The molecule has 1 N–H and O–H groups in total. The van der Waals surface area contributed by atoms with Gasteiger partial charge in [-0.3, -0.25) is 14.5 Å². The number of amides is 4. The van der Waals surface area contributed by atoms with Gasteiger partial charge in [-0.1, -0.05) is 49.6 Å². The van der Waals surface area contributed by atoms with Crippen LogP contribution in [-0.2, 0) is 14.2 Å². The lowest BCUT2D eigenvalue weighted by molar-refractivity contribution is 0.0496. The third-order valence-corrected chi connectivity index (χ3v) is 14.7. The molecule has 4 amide bonds. The first-order valence-electron chi connectivity index (χ1n) is 24.7. The molecule has 3 atom stereocenters. The predicted molar refractivity (Wildman–Crippen MR) is 260 cm³/mol. The molecule has 2 saturated carbocycles. The lowest BCUT2D eigenvalue weighted by atomic mass is 9.90. The van der Waals surface area contributed by atoms with Crippen LogP contribution >= 0.6 is 0 Å². The van der Waals surface area contributed by atoms with Gasteiger partial charge in [-0.25, -0.2) is 14.5 Å². The van der Waals surface area contributed by atoms with Crippen LogP contribution in [0.1, 0.15) is 108 Å². The smallest absolute Gasteiger partial charge is 0.416 e. The van der Waals surface area contributed by atoms with Gasteiger partial charge in [0.05, 0.1) is 67.6 Å². The van der Waals surface area contributed by atoms with Crippen molar-refractivity contribution in [3.8, 4) is 23.0 Å². The molecule has 2 aliphatic carbocycles. The highest BCUT2D eigenvalue weighted by atomic mass is 16.6. The molecule has 16 heteroatoms. The molecule has 5 heterocycles. The molecule has 0 aromatic heterocycles. The molecule has 16 nitrogen and oxygen atoms in total. The minimum Gasteiger partial charge on any atom is -0.493 e. The van der Waals surface area contributed by atoms with Gasteiger partial charge in [0.1, 0.15) is 13.2 Å². The SMILES string of the molecule is C=CCOC(=O)N1C[C@@H]2CC(c3ccc(C4CCOCC4)cc3)=CN2C(=O)c2cc(OC)c(OCCCCCOc3cc4c(cc3OC3CC3)C(=O)N3CC5(CC5)C[C@H]3C(O)N4C(=O)OCC=C)cc21. The van der Waals surface area contributed by atoms with E-state index in [1.807, 2.05) is 6.20 Å². The van der Waals surface area contributed by atoms with Crippen LogP contribution in [0.2, 0.25) is 0 Å². The number of methoxy groups -OCH3 is 1. The Bertz CT molecular complexity index is 2550. The Labute approximate surface area is 408 Å². The van der Waals surface area contributed by atoms with Gasteiger partial charge in [0, 0.05) is 38.1 Å². The van der Waals surface area contributed by atoms with Gasteiger partial charge in [0.15, 0.2) is 29.2 Å². The summed E-state index contributed by atoms with van der Waals surface area (Å²) < 4.78 is 41.3. The lowest BCUT2D eigenvalue weighted by Gasteiger charge is -2.31. The second-order valence-corrected chi connectivity index (χ2v) is 19.5. The summed E-state index contributed by atoms with van der Waals surface area (Å²) in [5.74, 6) is 1.45. The molecule has 0 bridgehead atoms.